The molecule has 0 unspecified atom stereocenters. The minimum absolute atomic E-state index is 0.0409. The molecule has 2 atom stereocenters. The van der Waals surface area contributed by atoms with Crippen LogP contribution in [0.25, 0.3) is 0 Å². The molecular weight excluding hydrogens is 340 g/mol. The van der Waals surface area contributed by atoms with Crippen LogP contribution < -0.4 is 15.2 Å². The van der Waals surface area contributed by atoms with Crippen molar-refractivity contribution in [2.45, 2.75) is 25.2 Å². The summed E-state index contributed by atoms with van der Waals surface area (Å²) in [6.45, 7) is 0. The smallest absolute Gasteiger partial charge is 0.191 e. The van der Waals surface area contributed by atoms with Crippen LogP contribution in [0.3, 0.4) is 0 Å². The van der Waals surface area contributed by atoms with E-state index in [9.17, 15) is 15.8 Å². The van der Waals surface area contributed by atoms with Gasteiger partial charge in [0.2, 0.25) is 0 Å². The highest BCUT2D eigenvalue weighted by molar-refractivity contribution is 5.60. The number of nitrogens with two attached hydrogens (primary N) is 1. The fourth-order valence-corrected chi connectivity index (χ4v) is 4.30. The van der Waals surface area contributed by atoms with E-state index in [-0.39, 0.29) is 17.2 Å². The molecule has 0 saturated heterocycles. The van der Waals surface area contributed by atoms with E-state index in [1.54, 1.807) is 26.4 Å². The summed E-state index contributed by atoms with van der Waals surface area (Å²) in [4.78, 5) is 0. The third-order valence-electron chi connectivity index (χ3n) is 5.57. The summed E-state index contributed by atoms with van der Waals surface area (Å²) >= 11 is 0. The van der Waals surface area contributed by atoms with Crippen molar-refractivity contribution < 1.29 is 9.47 Å². The minimum atomic E-state index is -1.61. The quantitative estimate of drug-likeness (QED) is 0.884. The molecule has 0 saturated carbocycles. The Balaban J connectivity index is 2.30. The van der Waals surface area contributed by atoms with Crippen molar-refractivity contribution in [1.82, 2.24) is 0 Å². The summed E-state index contributed by atoms with van der Waals surface area (Å²) < 4.78 is 10.7. The lowest BCUT2D eigenvalue weighted by Gasteiger charge is -2.43. The van der Waals surface area contributed by atoms with Crippen molar-refractivity contribution in [1.29, 1.82) is 15.8 Å². The number of hydrogen-bond donors (Lipinski definition) is 1. The second-order valence-corrected chi connectivity index (χ2v) is 6.72. The summed E-state index contributed by atoms with van der Waals surface area (Å²) in [6.07, 6.45) is 4.60. The molecule has 136 valence electrons. The largest absolute Gasteiger partial charge is 0.493 e. The minimum Gasteiger partial charge on any atom is -0.493 e. The standard InChI is InChI=1S/C21H20N4O2/c1-26-17-8-7-13(9-18(17)27-2)19-15-6-4-3-5-14(15)16(10-22)20(25)21(19,11-23)12-24/h5,7-9,15,19H,3-4,6,25H2,1-2H3/t15-,19+/m0/s1. The highest BCUT2D eigenvalue weighted by atomic mass is 16.5. The Labute approximate surface area is 158 Å². The summed E-state index contributed by atoms with van der Waals surface area (Å²) in [5.74, 6) is 0.473. The van der Waals surface area contributed by atoms with Crippen LogP contribution in [0.5, 0.6) is 11.5 Å². The molecule has 0 fully saturated rings. The molecule has 0 heterocycles. The highest BCUT2D eigenvalue weighted by Crippen LogP contribution is 2.56. The zero-order chi connectivity index (χ0) is 19.6. The maximum Gasteiger partial charge on any atom is 0.191 e. The molecule has 0 amide bonds. The van der Waals surface area contributed by atoms with Crippen LogP contribution >= 0.6 is 0 Å². The van der Waals surface area contributed by atoms with Crippen LogP contribution in [0.2, 0.25) is 0 Å². The lowest BCUT2D eigenvalue weighted by atomic mass is 9.57. The topological polar surface area (TPSA) is 116 Å². The molecule has 6 nitrogen and oxygen atoms in total. The van der Waals surface area contributed by atoms with Gasteiger partial charge >= 0.3 is 0 Å². The van der Waals surface area contributed by atoms with Crippen molar-refractivity contribution in [3.05, 3.63) is 46.7 Å². The molecule has 0 bridgehead atoms. The van der Waals surface area contributed by atoms with E-state index >= 15 is 0 Å². The van der Waals surface area contributed by atoms with Crippen molar-refractivity contribution in [2.24, 2.45) is 17.1 Å². The fraction of sp³-hybridized carbons (Fsp3) is 0.381. The molecule has 0 aliphatic heterocycles. The Bertz CT molecular complexity index is 942. The van der Waals surface area contributed by atoms with Crippen molar-refractivity contribution in [3.8, 4) is 29.7 Å². The second-order valence-electron chi connectivity index (χ2n) is 6.72. The van der Waals surface area contributed by atoms with Gasteiger partial charge in [-0.3, -0.25) is 0 Å². The summed E-state index contributed by atoms with van der Waals surface area (Å²) in [5.41, 5.74) is 6.60. The van der Waals surface area contributed by atoms with Crippen LogP contribution in [0, 0.1) is 45.3 Å². The van der Waals surface area contributed by atoms with Gasteiger partial charge in [0.1, 0.15) is 6.07 Å². The molecule has 27 heavy (non-hydrogen) atoms. The van der Waals surface area contributed by atoms with Crippen molar-refractivity contribution in [2.75, 3.05) is 14.2 Å². The van der Waals surface area contributed by atoms with Gasteiger partial charge in [0, 0.05) is 5.92 Å². The maximum absolute atomic E-state index is 10.0. The third kappa shape index (κ3) is 2.60. The molecule has 6 heteroatoms. The Kier molecular flexibility index (Phi) is 4.80. The predicted molar refractivity (Wildman–Crippen MR) is 98.2 cm³/mol. The van der Waals surface area contributed by atoms with Gasteiger partial charge in [0.05, 0.1) is 37.6 Å². The van der Waals surface area contributed by atoms with Gasteiger partial charge in [-0.2, -0.15) is 15.8 Å². The average molecular weight is 360 g/mol. The zero-order valence-electron chi connectivity index (χ0n) is 15.3. The van der Waals surface area contributed by atoms with E-state index in [1.165, 1.54) is 0 Å². The van der Waals surface area contributed by atoms with E-state index < -0.39 is 11.3 Å². The molecule has 2 N–H and O–H groups in total. The molecule has 0 spiro atoms. The molecule has 2 aliphatic carbocycles. The number of hydrogen-bond acceptors (Lipinski definition) is 6. The first kappa shape index (κ1) is 18.4. The zero-order valence-corrected chi connectivity index (χ0v) is 15.3. The number of benzene rings is 1. The van der Waals surface area contributed by atoms with Gasteiger partial charge in [-0.1, -0.05) is 12.1 Å². The van der Waals surface area contributed by atoms with Crippen LogP contribution in [-0.2, 0) is 0 Å². The van der Waals surface area contributed by atoms with Gasteiger partial charge in [-0.05, 0) is 48.4 Å². The number of allylic oxidation sites excluding steroid dienone is 4. The van der Waals surface area contributed by atoms with E-state index in [1.807, 2.05) is 12.1 Å². The van der Waals surface area contributed by atoms with Crippen LogP contribution in [-0.4, -0.2) is 14.2 Å². The Morgan fingerprint density at radius 2 is 1.81 bits per heavy atom. The third-order valence-corrected chi connectivity index (χ3v) is 5.57. The number of nitriles is 3. The summed E-state index contributed by atoms with van der Waals surface area (Å²) in [5, 5.41) is 29.7. The highest BCUT2D eigenvalue weighted by Gasteiger charge is 2.53. The number of rotatable bonds is 3. The number of fused-ring (bicyclic) bond motifs is 1. The Morgan fingerprint density at radius 1 is 1.11 bits per heavy atom. The van der Waals surface area contributed by atoms with Crippen molar-refractivity contribution >= 4 is 0 Å². The molecule has 1 aromatic carbocycles. The molecule has 0 aromatic heterocycles. The average Bonchev–Trinajstić information content (AvgIpc) is 2.72. The number of methoxy groups -OCH3 is 2. The second kappa shape index (κ2) is 7.06. The Hall–Kier alpha value is -3.43. The molecule has 3 rings (SSSR count). The van der Waals surface area contributed by atoms with Gasteiger partial charge in [0.15, 0.2) is 16.9 Å². The fourth-order valence-electron chi connectivity index (χ4n) is 4.30. The van der Waals surface area contributed by atoms with E-state index in [2.05, 4.69) is 18.2 Å². The first-order valence-corrected chi connectivity index (χ1v) is 8.73. The SMILES string of the molecule is COc1ccc([C@@H]2[C@H]3CCCC=C3C(C#N)=C(N)C2(C#N)C#N)cc1OC. The molecular formula is C21H20N4O2. The van der Waals surface area contributed by atoms with Crippen LogP contribution in [0.4, 0.5) is 0 Å². The van der Waals surface area contributed by atoms with E-state index in [4.69, 9.17) is 15.2 Å². The Morgan fingerprint density at radius 3 is 2.41 bits per heavy atom. The monoisotopic (exact) mass is 360 g/mol. The normalized spacial score (nSPS) is 23.1. The molecule has 2 aliphatic rings. The molecule has 1 aromatic rings. The first-order chi connectivity index (χ1) is 13.1. The number of nitrogens with zero attached hydrogens (tertiary/aromatic N) is 3. The lowest BCUT2D eigenvalue weighted by Crippen LogP contribution is -2.42. The van der Waals surface area contributed by atoms with Crippen LogP contribution in [0.1, 0.15) is 30.7 Å². The first-order valence-electron chi connectivity index (χ1n) is 8.73. The van der Waals surface area contributed by atoms with Crippen molar-refractivity contribution in [3.63, 3.8) is 0 Å². The lowest BCUT2D eigenvalue weighted by molar-refractivity contribution is 0.314. The van der Waals surface area contributed by atoms with Gasteiger partial charge in [-0.15, -0.1) is 0 Å². The summed E-state index contributed by atoms with van der Waals surface area (Å²) in [6, 6.07) is 11.8. The van der Waals surface area contributed by atoms with E-state index in [0.29, 0.717) is 11.5 Å². The predicted octanol–water partition coefficient (Wildman–Crippen LogP) is 3.30. The van der Waals surface area contributed by atoms with Gasteiger partial charge < -0.3 is 15.2 Å². The number of ether oxygens (including phenoxy) is 2. The maximum atomic E-state index is 10.0. The van der Waals surface area contributed by atoms with Crippen LogP contribution in [0.15, 0.2) is 41.1 Å². The van der Waals surface area contributed by atoms with Gasteiger partial charge in [0.25, 0.3) is 0 Å². The van der Waals surface area contributed by atoms with E-state index in [0.717, 1.165) is 30.4 Å². The molecule has 0 radical (unpaired) electrons. The van der Waals surface area contributed by atoms with Gasteiger partial charge in [-0.25, -0.2) is 0 Å². The summed E-state index contributed by atoms with van der Waals surface area (Å²) in [7, 11) is 3.09.